The number of aromatic nitrogens is 2. The molecule has 3 atom stereocenters. The molecule has 1 aromatic carbocycles. The van der Waals surface area contributed by atoms with Crippen LogP contribution in [0.25, 0.3) is 11.5 Å². The van der Waals surface area contributed by atoms with E-state index in [1.807, 2.05) is 45.0 Å². The molecule has 3 heterocycles. The molecular weight excluding hydrogens is 513 g/mol. The SMILES string of the molecule is COCC[C@H](c1nccc(C)c1F)N1C[C@@H](C)N(C(=O)C(C)C)[C@@H](C(=O)NCc2ccc(-c3ncco3)cc2)C1. The molecule has 40 heavy (non-hydrogen) atoms. The average Bonchev–Trinajstić information content (AvgIpc) is 3.49. The van der Waals surface area contributed by atoms with Gasteiger partial charge in [-0.3, -0.25) is 19.5 Å². The maximum atomic E-state index is 15.2. The minimum Gasteiger partial charge on any atom is -0.445 e. The topological polar surface area (TPSA) is 101 Å². The second kappa shape index (κ2) is 13.1. The van der Waals surface area contributed by atoms with Gasteiger partial charge in [-0.15, -0.1) is 0 Å². The first-order valence-corrected chi connectivity index (χ1v) is 13.6. The Kier molecular flexibility index (Phi) is 9.65. The van der Waals surface area contributed by atoms with E-state index < -0.39 is 12.1 Å². The van der Waals surface area contributed by atoms with E-state index in [0.717, 1.165) is 11.1 Å². The molecule has 3 aromatic rings. The second-order valence-corrected chi connectivity index (χ2v) is 10.6. The van der Waals surface area contributed by atoms with E-state index in [-0.39, 0.29) is 36.1 Å². The maximum Gasteiger partial charge on any atom is 0.244 e. The zero-order valence-electron chi connectivity index (χ0n) is 23.8. The van der Waals surface area contributed by atoms with Gasteiger partial charge < -0.3 is 19.4 Å². The summed E-state index contributed by atoms with van der Waals surface area (Å²) in [4.78, 5) is 39.3. The van der Waals surface area contributed by atoms with Gasteiger partial charge in [0.05, 0.1) is 17.9 Å². The summed E-state index contributed by atoms with van der Waals surface area (Å²) in [5, 5.41) is 3.02. The van der Waals surface area contributed by atoms with Crippen LogP contribution in [0.3, 0.4) is 0 Å². The van der Waals surface area contributed by atoms with Gasteiger partial charge in [0.25, 0.3) is 0 Å². The maximum absolute atomic E-state index is 15.2. The number of carbonyl (C=O) groups excluding carboxylic acids is 2. The van der Waals surface area contributed by atoms with E-state index in [9.17, 15) is 9.59 Å². The number of pyridine rings is 1. The number of halogens is 1. The van der Waals surface area contributed by atoms with Crippen molar-refractivity contribution in [2.24, 2.45) is 5.92 Å². The van der Waals surface area contributed by atoms with Gasteiger partial charge in [-0.05, 0) is 49.6 Å². The van der Waals surface area contributed by atoms with E-state index >= 15 is 4.39 Å². The van der Waals surface area contributed by atoms with Crippen molar-refractivity contribution in [3.63, 3.8) is 0 Å². The van der Waals surface area contributed by atoms with Gasteiger partial charge in [-0.2, -0.15) is 0 Å². The van der Waals surface area contributed by atoms with Gasteiger partial charge in [-0.1, -0.05) is 26.0 Å². The predicted molar refractivity (Wildman–Crippen MR) is 148 cm³/mol. The monoisotopic (exact) mass is 551 g/mol. The van der Waals surface area contributed by atoms with Gasteiger partial charge in [0, 0.05) is 57.1 Å². The first-order valence-electron chi connectivity index (χ1n) is 13.6. The second-order valence-electron chi connectivity index (χ2n) is 10.6. The summed E-state index contributed by atoms with van der Waals surface area (Å²) >= 11 is 0. The molecule has 4 rings (SSSR count). The third-order valence-corrected chi connectivity index (χ3v) is 7.33. The molecule has 0 saturated carbocycles. The Labute approximate surface area is 234 Å². The number of piperazine rings is 1. The number of amides is 2. The fourth-order valence-electron chi connectivity index (χ4n) is 5.21. The fourth-order valence-corrected chi connectivity index (χ4v) is 5.21. The molecule has 0 bridgehead atoms. The Balaban J connectivity index is 1.56. The molecule has 1 N–H and O–H groups in total. The molecule has 9 nitrogen and oxygen atoms in total. The van der Waals surface area contributed by atoms with Gasteiger partial charge in [0.15, 0.2) is 0 Å². The van der Waals surface area contributed by atoms with Crippen molar-refractivity contribution in [1.82, 2.24) is 25.1 Å². The van der Waals surface area contributed by atoms with Crippen molar-refractivity contribution in [3.8, 4) is 11.5 Å². The van der Waals surface area contributed by atoms with Crippen LogP contribution in [0.2, 0.25) is 0 Å². The Morgan fingerprint density at radius 3 is 2.55 bits per heavy atom. The van der Waals surface area contributed by atoms with Crippen molar-refractivity contribution >= 4 is 11.8 Å². The van der Waals surface area contributed by atoms with Gasteiger partial charge in [-0.25, -0.2) is 9.37 Å². The lowest BCUT2D eigenvalue weighted by Gasteiger charge is -2.47. The number of hydrogen-bond donors (Lipinski definition) is 1. The standard InChI is InChI=1S/C30H38FN5O4/c1-19(2)30(38)36-21(4)17-35(24(11-14-39-5)27-26(31)20(3)10-12-32-27)18-25(36)28(37)34-16-22-6-8-23(9-7-22)29-33-13-15-40-29/h6-10,12-13,15,19,21,24-25H,11,14,16-18H2,1-5H3,(H,34,37)/t21-,24-,25-/m1/s1. The number of ether oxygens (including phenoxy) is 1. The smallest absolute Gasteiger partial charge is 0.244 e. The quantitative estimate of drug-likeness (QED) is 0.404. The van der Waals surface area contributed by atoms with Crippen molar-refractivity contribution < 1.29 is 23.1 Å². The Morgan fingerprint density at radius 1 is 1.15 bits per heavy atom. The van der Waals surface area contributed by atoms with Crippen LogP contribution in [0.15, 0.2) is 53.4 Å². The molecule has 10 heteroatoms. The van der Waals surface area contributed by atoms with Crippen LogP contribution in [0.5, 0.6) is 0 Å². The van der Waals surface area contributed by atoms with E-state index in [2.05, 4.69) is 20.2 Å². The fraction of sp³-hybridized carbons (Fsp3) is 0.467. The number of rotatable bonds is 10. The van der Waals surface area contributed by atoms with Crippen LogP contribution < -0.4 is 5.32 Å². The minimum atomic E-state index is -0.747. The Bertz CT molecular complexity index is 1280. The first kappa shape index (κ1) is 29.4. The molecule has 1 aliphatic heterocycles. The van der Waals surface area contributed by atoms with Crippen LogP contribution in [0, 0.1) is 18.7 Å². The number of nitrogens with one attached hydrogen (secondary N) is 1. The average molecular weight is 552 g/mol. The Hall–Kier alpha value is -3.63. The summed E-state index contributed by atoms with van der Waals surface area (Å²) < 4.78 is 25.9. The molecule has 0 radical (unpaired) electrons. The van der Waals surface area contributed by atoms with Crippen molar-refractivity contribution in [2.45, 2.75) is 58.8 Å². The minimum absolute atomic E-state index is 0.0871. The number of carbonyl (C=O) groups is 2. The molecule has 1 fully saturated rings. The van der Waals surface area contributed by atoms with Crippen LogP contribution in [0.4, 0.5) is 4.39 Å². The van der Waals surface area contributed by atoms with Gasteiger partial charge in [0.1, 0.15) is 18.1 Å². The molecule has 0 spiro atoms. The number of benzene rings is 1. The normalized spacial score (nSPS) is 18.6. The van der Waals surface area contributed by atoms with Crippen LogP contribution in [-0.4, -0.2) is 70.5 Å². The lowest BCUT2D eigenvalue weighted by molar-refractivity contribution is -0.151. The predicted octanol–water partition coefficient (Wildman–Crippen LogP) is 4.14. The number of nitrogens with zero attached hydrogens (tertiary/aromatic N) is 4. The molecule has 1 aliphatic rings. The lowest BCUT2D eigenvalue weighted by atomic mass is 9.97. The molecule has 214 valence electrons. The zero-order chi connectivity index (χ0) is 28.8. The van der Waals surface area contributed by atoms with Gasteiger partial charge in [0.2, 0.25) is 17.7 Å². The number of hydrogen-bond acceptors (Lipinski definition) is 7. The third-order valence-electron chi connectivity index (χ3n) is 7.33. The van der Waals surface area contributed by atoms with Crippen molar-refractivity contribution in [3.05, 3.63) is 71.6 Å². The molecule has 2 amide bonds. The summed E-state index contributed by atoms with van der Waals surface area (Å²) in [6.45, 7) is 8.74. The highest BCUT2D eigenvalue weighted by molar-refractivity contribution is 5.89. The Morgan fingerprint density at radius 2 is 1.90 bits per heavy atom. The first-order chi connectivity index (χ1) is 19.2. The van der Waals surface area contributed by atoms with E-state index in [4.69, 9.17) is 9.15 Å². The highest BCUT2D eigenvalue weighted by Gasteiger charge is 2.42. The third kappa shape index (κ3) is 6.56. The summed E-state index contributed by atoms with van der Waals surface area (Å²) in [5.41, 5.74) is 2.58. The van der Waals surface area contributed by atoms with Crippen LogP contribution in [0.1, 0.15) is 50.1 Å². The van der Waals surface area contributed by atoms with Crippen LogP contribution >= 0.6 is 0 Å². The van der Waals surface area contributed by atoms with E-state index in [1.165, 1.54) is 6.26 Å². The number of aryl methyl sites for hydroxylation is 1. The van der Waals surface area contributed by atoms with Crippen molar-refractivity contribution in [1.29, 1.82) is 0 Å². The lowest BCUT2D eigenvalue weighted by Crippen LogP contribution is -2.65. The van der Waals surface area contributed by atoms with Crippen molar-refractivity contribution in [2.75, 3.05) is 26.8 Å². The number of methoxy groups -OCH3 is 1. The van der Waals surface area contributed by atoms with Gasteiger partial charge >= 0.3 is 0 Å². The molecule has 0 aliphatic carbocycles. The molecule has 1 saturated heterocycles. The zero-order valence-corrected chi connectivity index (χ0v) is 23.8. The largest absolute Gasteiger partial charge is 0.445 e. The van der Waals surface area contributed by atoms with E-state index in [0.29, 0.717) is 43.3 Å². The number of oxazole rings is 1. The summed E-state index contributed by atoms with van der Waals surface area (Å²) in [6, 6.07) is 7.80. The molecule has 0 unspecified atom stereocenters. The van der Waals surface area contributed by atoms with E-state index in [1.54, 1.807) is 37.4 Å². The summed E-state index contributed by atoms with van der Waals surface area (Å²) in [6.07, 6.45) is 5.21. The molecular formula is C30H38FN5O4. The van der Waals surface area contributed by atoms with Crippen LogP contribution in [-0.2, 0) is 20.9 Å². The highest BCUT2D eigenvalue weighted by atomic mass is 19.1. The summed E-state index contributed by atoms with van der Waals surface area (Å²) in [7, 11) is 1.60. The molecule has 2 aromatic heterocycles. The highest BCUT2D eigenvalue weighted by Crippen LogP contribution is 2.31. The summed E-state index contributed by atoms with van der Waals surface area (Å²) in [5.74, 6) is -0.447.